The van der Waals surface area contributed by atoms with Crippen molar-refractivity contribution in [2.24, 2.45) is 7.05 Å². The molecule has 0 N–H and O–H groups in total. The largest absolute Gasteiger partial charge is 0.444 e. The minimum absolute atomic E-state index is 0.0931. The zero-order chi connectivity index (χ0) is 23.0. The van der Waals surface area contributed by atoms with Crippen molar-refractivity contribution in [1.82, 2.24) is 29.2 Å². The van der Waals surface area contributed by atoms with Gasteiger partial charge in [0.25, 0.3) is 5.56 Å². The van der Waals surface area contributed by atoms with Gasteiger partial charge in [0, 0.05) is 31.7 Å². The third kappa shape index (κ3) is 4.25. The van der Waals surface area contributed by atoms with E-state index in [1.165, 1.54) is 4.68 Å². The minimum atomic E-state index is -0.634. The second-order valence-electron chi connectivity index (χ2n) is 8.87. The van der Waals surface area contributed by atoms with E-state index in [1.54, 1.807) is 11.9 Å². The van der Waals surface area contributed by atoms with Crippen molar-refractivity contribution in [1.29, 1.82) is 0 Å². The summed E-state index contributed by atoms with van der Waals surface area (Å²) in [4.78, 5) is 48.5. The van der Waals surface area contributed by atoms with Crippen LogP contribution in [0.5, 0.6) is 0 Å². The van der Waals surface area contributed by atoms with Crippen LogP contribution in [0.3, 0.4) is 0 Å². The maximum absolute atomic E-state index is 13.3. The number of aromatic nitrogens is 5. The molecule has 10 heteroatoms. The van der Waals surface area contributed by atoms with Crippen molar-refractivity contribution in [2.75, 3.05) is 13.1 Å². The number of benzene rings is 1. The third-order valence-electron chi connectivity index (χ3n) is 5.32. The van der Waals surface area contributed by atoms with Crippen molar-refractivity contribution in [2.45, 2.75) is 45.3 Å². The standard InChI is InChI=1S/C22H26N6O4/c1-22(2,3)32-21(31)27-12-10-15(11-13-27)28-19(29)16-18(24-20(28)30)26(4)25-17(23-16)14-8-6-5-7-9-14/h5-9,15H,10-13H2,1-4H3. The molecule has 0 atom stereocenters. The number of rotatable bonds is 2. The lowest BCUT2D eigenvalue weighted by Crippen LogP contribution is -2.47. The quantitative estimate of drug-likeness (QED) is 0.602. The van der Waals surface area contributed by atoms with Gasteiger partial charge in [-0.25, -0.2) is 19.3 Å². The molecule has 1 aromatic carbocycles. The zero-order valence-corrected chi connectivity index (χ0v) is 18.6. The van der Waals surface area contributed by atoms with Crippen molar-refractivity contribution in [3.8, 4) is 22.9 Å². The van der Waals surface area contributed by atoms with E-state index >= 15 is 0 Å². The molecule has 1 amide bonds. The highest BCUT2D eigenvalue weighted by Crippen LogP contribution is 2.23. The number of ether oxygens (including phenoxy) is 1. The first-order valence-corrected chi connectivity index (χ1v) is 10.5. The van der Waals surface area contributed by atoms with Gasteiger partial charge in [0.15, 0.2) is 17.3 Å². The van der Waals surface area contributed by atoms with Crippen molar-refractivity contribution in [3.63, 3.8) is 0 Å². The fourth-order valence-electron chi connectivity index (χ4n) is 3.80. The Kier molecular flexibility index (Phi) is 5.53. The summed E-state index contributed by atoms with van der Waals surface area (Å²) in [5.41, 5.74) is -0.861. The van der Waals surface area contributed by atoms with E-state index in [2.05, 4.69) is 15.1 Å². The van der Waals surface area contributed by atoms with Crippen molar-refractivity contribution in [3.05, 3.63) is 51.2 Å². The van der Waals surface area contributed by atoms with Crippen LogP contribution in [-0.2, 0) is 11.8 Å². The molecule has 0 saturated carbocycles. The van der Waals surface area contributed by atoms with Gasteiger partial charge in [0.05, 0.1) is 0 Å². The normalized spacial score (nSPS) is 15.2. The third-order valence-corrected chi connectivity index (χ3v) is 5.32. The first kappa shape index (κ1) is 21.7. The zero-order valence-electron chi connectivity index (χ0n) is 18.6. The molecule has 4 rings (SSSR count). The van der Waals surface area contributed by atoms with Gasteiger partial charge in [0.1, 0.15) is 5.60 Å². The lowest BCUT2D eigenvalue weighted by Gasteiger charge is -2.33. The monoisotopic (exact) mass is 438 g/mol. The Morgan fingerprint density at radius 1 is 1.06 bits per heavy atom. The summed E-state index contributed by atoms with van der Waals surface area (Å²) < 4.78 is 7.99. The average molecular weight is 438 g/mol. The molecule has 1 saturated heterocycles. The lowest BCUT2D eigenvalue weighted by atomic mass is 10.0. The molecule has 3 heterocycles. The van der Waals surface area contributed by atoms with Crippen molar-refractivity contribution >= 4 is 6.09 Å². The molecule has 3 aliphatic heterocycles. The molecule has 1 fully saturated rings. The topological polar surface area (TPSA) is 112 Å². The Labute approximate surface area is 184 Å². The predicted octanol–water partition coefficient (Wildman–Crippen LogP) is 2.08. The van der Waals surface area contributed by atoms with Crippen LogP contribution < -0.4 is 11.2 Å². The SMILES string of the molecule is Cn1nc(-c2ccccc2)nc2c(=O)n(C3CCN(C(=O)OC(C)(C)C)CC3)c(=O)nc1-2. The summed E-state index contributed by atoms with van der Waals surface area (Å²) >= 11 is 0. The van der Waals surface area contributed by atoms with Crippen LogP contribution in [0.4, 0.5) is 4.79 Å². The van der Waals surface area contributed by atoms with Crippen LogP contribution in [0.25, 0.3) is 22.9 Å². The number of likely N-dealkylation sites (tertiary alicyclic amines) is 1. The summed E-state index contributed by atoms with van der Waals surface area (Å²) in [6.45, 7) is 6.21. The fourth-order valence-corrected chi connectivity index (χ4v) is 3.80. The number of aryl methyl sites for hydroxylation is 1. The van der Waals surface area contributed by atoms with Gasteiger partial charge in [-0.15, -0.1) is 0 Å². The van der Waals surface area contributed by atoms with Gasteiger partial charge in [-0.05, 0) is 33.6 Å². The van der Waals surface area contributed by atoms with Crippen LogP contribution in [-0.4, -0.2) is 54.0 Å². The first-order chi connectivity index (χ1) is 15.1. The Morgan fingerprint density at radius 2 is 1.72 bits per heavy atom. The van der Waals surface area contributed by atoms with E-state index in [0.29, 0.717) is 31.8 Å². The van der Waals surface area contributed by atoms with Gasteiger partial charge >= 0.3 is 11.8 Å². The van der Waals surface area contributed by atoms with Gasteiger partial charge < -0.3 is 9.64 Å². The number of carbonyl (C=O) groups excluding carboxylic acids is 1. The van der Waals surface area contributed by atoms with Crippen LogP contribution in [0.2, 0.25) is 0 Å². The lowest BCUT2D eigenvalue weighted by molar-refractivity contribution is 0.0186. The molecule has 0 unspecified atom stereocenters. The minimum Gasteiger partial charge on any atom is -0.444 e. The van der Waals surface area contributed by atoms with E-state index in [4.69, 9.17) is 4.74 Å². The Morgan fingerprint density at radius 3 is 2.34 bits per heavy atom. The highest BCUT2D eigenvalue weighted by Gasteiger charge is 2.30. The van der Waals surface area contributed by atoms with Gasteiger partial charge in [-0.3, -0.25) is 9.36 Å². The van der Waals surface area contributed by atoms with E-state index in [1.807, 2.05) is 51.1 Å². The Hall–Kier alpha value is -3.56. The number of hydrogen-bond acceptors (Lipinski definition) is 7. The van der Waals surface area contributed by atoms with Crippen LogP contribution in [0, 0.1) is 0 Å². The number of fused-ring (bicyclic) bond motifs is 1. The summed E-state index contributed by atoms with van der Waals surface area (Å²) in [5.74, 6) is 0.520. The summed E-state index contributed by atoms with van der Waals surface area (Å²) in [5, 5.41) is 4.35. The Bertz CT molecular complexity index is 1220. The van der Waals surface area contributed by atoms with Gasteiger partial charge in [0.2, 0.25) is 0 Å². The molecular formula is C22H26N6O4. The van der Waals surface area contributed by atoms with E-state index in [0.717, 1.165) is 10.1 Å². The molecule has 0 aliphatic carbocycles. The summed E-state index contributed by atoms with van der Waals surface area (Å²) in [6.07, 6.45) is 0.504. The molecule has 3 aliphatic rings. The van der Waals surface area contributed by atoms with E-state index in [-0.39, 0.29) is 17.6 Å². The summed E-state index contributed by atoms with van der Waals surface area (Å²) in [7, 11) is 1.63. The second kappa shape index (κ2) is 8.18. The predicted molar refractivity (Wildman–Crippen MR) is 117 cm³/mol. The molecule has 0 spiro atoms. The molecule has 10 nitrogen and oxygen atoms in total. The smallest absolute Gasteiger partial charge is 0.410 e. The van der Waals surface area contributed by atoms with Gasteiger partial charge in [-0.2, -0.15) is 10.1 Å². The molecule has 0 radical (unpaired) electrons. The molecule has 1 aromatic rings. The fraction of sp³-hybridized carbons (Fsp3) is 0.455. The molecule has 0 bridgehead atoms. The highest BCUT2D eigenvalue weighted by molar-refractivity contribution is 5.68. The highest BCUT2D eigenvalue weighted by atomic mass is 16.6. The maximum atomic E-state index is 13.3. The van der Waals surface area contributed by atoms with Crippen LogP contribution in [0.1, 0.15) is 39.7 Å². The molecular weight excluding hydrogens is 412 g/mol. The van der Waals surface area contributed by atoms with Gasteiger partial charge in [-0.1, -0.05) is 30.3 Å². The Balaban J connectivity index is 1.66. The van der Waals surface area contributed by atoms with Crippen LogP contribution >= 0.6 is 0 Å². The van der Waals surface area contributed by atoms with E-state index in [9.17, 15) is 14.4 Å². The van der Waals surface area contributed by atoms with Crippen molar-refractivity contribution < 1.29 is 9.53 Å². The first-order valence-electron chi connectivity index (χ1n) is 10.5. The van der Waals surface area contributed by atoms with E-state index < -0.39 is 22.9 Å². The number of amides is 1. The summed E-state index contributed by atoms with van der Waals surface area (Å²) in [6, 6.07) is 8.93. The number of piperidine rings is 1. The number of carbonyl (C=O) groups is 1. The van der Waals surface area contributed by atoms with Crippen LogP contribution in [0.15, 0.2) is 39.9 Å². The second-order valence-corrected chi connectivity index (χ2v) is 8.87. The average Bonchev–Trinajstić information content (AvgIpc) is 2.74. The number of nitrogens with zero attached hydrogens (tertiary/aromatic N) is 6. The molecule has 168 valence electrons. The molecule has 32 heavy (non-hydrogen) atoms. The molecule has 0 aromatic heterocycles. The maximum Gasteiger partial charge on any atom is 0.410 e. The number of hydrogen-bond donors (Lipinski definition) is 0.